The zero-order valence-corrected chi connectivity index (χ0v) is 13.8. The Kier molecular flexibility index (Phi) is 3.36. The van der Waals surface area contributed by atoms with Crippen molar-refractivity contribution in [3.05, 3.63) is 30.5 Å². The maximum atomic E-state index is 4.60. The van der Waals surface area contributed by atoms with Crippen molar-refractivity contribution in [1.29, 1.82) is 0 Å². The highest BCUT2D eigenvalue weighted by Crippen LogP contribution is 2.39. The molecule has 4 heterocycles. The summed E-state index contributed by atoms with van der Waals surface area (Å²) in [6.45, 7) is 1.95. The molecule has 0 aromatic carbocycles. The van der Waals surface area contributed by atoms with E-state index in [0.29, 0.717) is 23.8 Å². The Hall–Kier alpha value is -2.97. The van der Waals surface area contributed by atoms with Crippen LogP contribution < -0.4 is 10.2 Å². The van der Waals surface area contributed by atoms with Crippen LogP contribution in [0.25, 0.3) is 5.95 Å². The van der Waals surface area contributed by atoms with E-state index in [1.165, 1.54) is 31.4 Å². The number of rotatable bonds is 5. The van der Waals surface area contributed by atoms with E-state index in [2.05, 4.69) is 40.3 Å². The van der Waals surface area contributed by atoms with Crippen LogP contribution in [0.5, 0.6) is 0 Å². The molecule has 25 heavy (non-hydrogen) atoms. The van der Waals surface area contributed by atoms with E-state index in [1.807, 2.05) is 12.3 Å². The lowest BCUT2D eigenvalue weighted by Crippen LogP contribution is -2.22. The molecule has 0 amide bonds. The lowest BCUT2D eigenvalue weighted by molar-refractivity contribution is 0.841. The third-order valence-corrected chi connectivity index (χ3v) is 4.59. The average Bonchev–Trinajstić information content (AvgIpc) is 3.09. The summed E-state index contributed by atoms with van der Waals surface area (Å²) in [6, 6.07) is 2.04. The van der Waals surface area contributed by atoms with Gasteiger partial charge in [0.2, 0.25) is 17.8 Å². The van der Waals surface area contributed by atoms with Crippen molar-refractivity contribution in [3.8, 4) is 5.95 Å². The summed E-state index contributed by atoms with van der Waals surface area (Å²) in [4.78, 5) is 20.0. The maximum Gasteiger partial charge on any atom is 0.241 e. The minimum absolute atomic E-state index is 0.495. The molecule has 1 saturated carbocycles. The number of aromatic amines is 1. The summed E-state index contributed by atoms with van der Waals surface area (Å²) < 4.78 is 1.78. The number of hydrogen-bond acceptors (Lipinski definition) is 7. The van der Waals surface area contributed by atoms with Crippen LogP contribution >= 0.6 is 0 Å². The second-order valence-corrected chi connectivity index (χ2v) is 6.53. The van der Waals surface area contributed by atoms with Crippen molar-refractivity contribution < 1.29 is 0 Å². The number of nitrogens with one attached hydrogen (secondary N) is 2. The van der Waals surface area contributed by atoms with Gasteiger partial charge in [-0.2, -0.15) is 20.1 Å². The minimum atomic E-state index is 0.495. The number of nitrogens with zero attached hydrogens (tertiary/aromatic N) is 7. The van der Waals surface area contributed by atoms with Gasteiger partial charge in [-0.1, -0.05) is 0 Å². The minimum Gasteiger partial charge on any atom is -0.341 e. The number of imidazole rings is 1. The third kappa shape index (κ3) is 2.92. The van der Waals surface area contributed by atoms with Crippen LogP contribution in [0.4, 0.5) is 17.7 Å². The van der Waals surface area contributed by atoms with E-state index >= 15 is 0 Å². The van der Waals surface area contributed by atoms with E-state index in [4.69, 9.17) is 0 Å². The molecule has 0 radical (unpaired) electrons. The molecule has 128 valence electrons. The standard InChI is InChI=1S/C16H19N9/c1-2-7-24(6-1)15-19-14(20-16(21-15)25-8-5-17-10-25)18-13-9-12(22-23-13)11-3-4-11/h5,8-11H,1-4,6-7H2,(H2,18,19,20,21,22,23). The first-order valence-corrected chi connectivity index (χ1v) is 8.67. The van der Waals surface area contributed by atoms with Crippen molar-refractivity contribution in [3.63, 3.8) is 0 Å². The van der Waals surface area contributed by atoms with Crippen LogP contribution in [0.1, 0.15) is 37.3 Å². The van der Waals surface area contributed by atoms with Crippen molar-refractivity contribution in [2.75, 3.05) is 23.3 Å². The Morgan fingerprint density at radius 2 is 1.92 bits per heavy atom. The van der Waals surface area contributed by atoms with Crippen LogP contribution in [0.15, 0.2) is 24.8 Å². The van der Waals surface area contributed by atoms with Crippen molar-refractivity contribution >= 4 is 17.7 Å². The predicted octanol–water partition coefficient (Wildman–Crippen LogP) is 2.00. The van der Waals surface area contributed by atoms with E-state index in [0.717, 1.165) is 18.9 Å². The fourth-order valence-corrected chi connectivity index (χ4v) is 3.08. The van der Waals surface area contributed by atoms with Crippen molar-refractivity contribution in [1.82, 2.24) is 34.7 Å². The molecule has 3 aromatic heterocycles. The summed E-state index contributed by atoms with van der Waals surface area (Å²) in [5.74, 6) is 3.10. The molecular weight excluding hydrogens is 318 g/mol. The maximum absolute atomic E-state index is 4.60. The smallest absolute Gasteiger partial charge is 0.241 e. The summed E-state index contributed by atoms with van der Waals surface area (Å²) in [5.41, 5.74) is 1.17. The van der Waals surface area contributed by atoms with Gasteiger partial charge in [-0.25, -0.2) is 4.98 Å². The summed E-state index contributed by atoms with van der Waals surface area (Å²) in [6.07, 6.45) is 10.0. The number of hydrogen-bond donors (Lipinski definition) is 2. The Morgan fingerprint density at radius 1 is 1.08 bits per heavy atom. The second-order valence-electron chi connectivity index (χ2n) is 6.53. The molecular formula is C16H19N9. The normalized spacial score (nSPS) is 17.2. The fraction of sp³-hybridized carbons (Fsp3) is 0.438. The Bertz CT molecular complexity index is 860. The predicted molar refractivity (Wildman–Crippen MR) is 92.2 cm³/mol. The van der Waals surface area contributed by atoms with Crippen LogP contribution in [-0.4, -0.2) is 47.8 Å². The summed E-state index contributed by atoms with van der Waals surface area (Å²) in [7, 11) is 0. The molecule has 2 aliphatic rings. The second kappa shape index (κ2) is 5.83. The van der Waals surface area contributed by atoms with Crippen LogP contribution in [0.3, 0.4) is 0 Å². The Balaban J connectivity index is 1.48. The van der Waals surface area contributed by atoms with Gasteiger partial charge in [-0.05, 0) is 25.7 Å². The topological polar surface area (TPSA) is 100 Å². The molecule has 1 aliphatic carbocycles. The van der Waals surface area contributed by atoms with E-state index in [9.17, 15) is 0 Å². The third-order valence-electron chi connectivity index (χ3n) is 4.59. The molecule has 0 unspecified atom stereocenters. The quantitative estimate of drug-likeness (QED) is 0.734. The Labute approximate surface area is 144 Å². The lowest BCUT2D eigenvalue weighted by atomic mass is 10.3. The first-order chi connectivity index (χ1) is 12.3. The SMILES string of the molecule is c1cn(-c2nc(Nc3cc(C4CC4)[nH]n3)nc(N3CCCC3)n2)cn1. The van der Waals surface area contributed by atoms with Crippen LogP contribution in [0.2, 0.25) is 0 Å². The van der Waals surface area contributed by atoms with Crippen LogP contribution in [-0.2, 0) is 0 Å². The van der Waals surface area contributed by atoms with E-state index in [-0.39, 0.29) is 0 Å². The molecule has 0 atom stereocenters. The highest BCUT2D eigenvalue weighted by Gasteiger charge is 2.25. The average molecular weight is 337 g/mol. The monoisotopic (exact) mass is 337 g/mol. The zero-order chi connectivity index (χ0) is 16.6. The molecule has 9 nitrogen and oxygen atoms in total. The zero-order valence-electron chi connectivity index (χ0n) is 13.8. The van der Waals surface area contributed by atoms with Crippen LogP contribution in [0, 0.1) is 0 Å². The van der Waals surface area contributed by atoms with Gasteiger partial charge in [-0.15, -0.1) is 0 Å². The van der Waals surface area contributed by atoms with Gasteiger partial charge >= 0.3 is 0 Å². The number of H-pyrrole nitrogens is 1. The molecule has 9 heteroatoms. The molecule has 1 saturated heterocycles. The first kappa shape index (κ1) is 14.4. The highest BCUT2D eigenvalue weighted by atomic mass is 15.4. The lowest BCUT2D eigenvalue weighted by Gasteiger charge is -2.16. The largest absolute Gasteiger partial charge is 0.341 e. The van der Waals surface area contributed by atoms with Gasteiger partial charge in [0.15, 0.2) is 5.82 Å². The molecule has 0 spiro atoms. The van der Waals surface area contributed by atoms with Gasteiger partial charge in [0, 0.05) is 43.2 Å². The van der Waals surface area contributed by atoms with E-state index in [1.54, 1.807) is 17.1 Å². The summed E-state index contributed by atoms with van der Waals surface area (Å²) >= 11 is 0. The van der Waals surface area contributed by atoms with Gasteiger partial charge in [0.1, 0.15) is 6.33 Å². The van der Waals surface area contributed by atoms with Crippen molar-refractivity contribution in [2.45, 2.75) is 31.6 Å². The molecule has 1 aliphatic heterocycles. The molecule has 2 N–H and O–H groups in total. The van der Waals surface area contributed by atoms with Crippen molar-refractivity contribution in [2.24, 2.45) is 0 Å². The molecule has 0 bridgehead atoms. The fourth-order valence-electron chi connectivity index (χ4n) is 3.08. The highest BCUT2D eigenvalue weighted by molar-refractivity contribution is 5.51. The van der Waals surface area contributed by atoms with Gasteiger partial charge in [0.25, 0.3) is 0 Å². The Morgan fingerprint density at radius 3 is 2.68 bits per heavy atom. The number of aromatic nitrogens is 7. The van der Waals surface area contributed by atoms with Gasteiger partial charge in [-0.3, -0.25) is 9.67 Å². The van der Waals surface area contributed by atoms with Gasteiger partial charge in [0.05, 0.1) is 0 Å². The number of anilines is 3. The van der Waals surface area contributed by atoms with Gasteiger partial charge < -0.3 is 10.2 Å². The van der Waals surface area contributed by atoms with E-state index < -0.39 is 0 Å². The first-order valence-electron chi connectivity index (χ1n) is 8.67. The molecule has 3 aromatic rings. The molecule has 5 rings (SSSR count). The molecule has 2 fully saturated rings. The summed E-state index contributed by atoms with van der Waals surface area (Å²) in [5, 5.41) is 10.6.